The summed E-state index contributed by atoms with van der Waals surface area (Å²) in [6.07, 6.45) is 10.8. The average molecular weight is 366 g/mol. The fraction of sp³-hybridized carbons (Fsp3) is 0.900. The molecule has 3 rings (SSSR count). The van der Waals surface area contributed by atoms with Gasteiger partial charge in [-0.25, -0.2) is 0 Å². The molecule has 2 aliphatic heterocycles. The fourth-order valence-electron chi connectivity index (χ4n) is 5.03. The summed E-state index contributed by atoms with van der Waals surface area (Å²) in [5, 5.41) is 15.6. The van der Waals surface area contributed by atoms with Crippen LogP contribution in [-0.2, 0) is 9.59 Å². The second-order valence-corrected chi connectivity index (χ2v) is 8.39. The molecule has 1 saturated carbocycles. The fourth-order valence-corrected chi connectivity index (χ4v) is 5.03. The summed E-state index contributed by atoms with van der Waals surface area (Å²) >= 11 is 0. The van der Waals surface area contributed by atoms with Gasteiger partial charge in [-0.2, -0.15) is 0 Å². The Hall–Kier alpha value is -1.14. The lowest BCUT2D eigenvalue weighted by Gasteiger charge is -2.42. The van der Waals surface area contributed by atoms with Gasteiger partial charge in [-0.05, 0) is 83.3 Å². The lowest BCUT2D eigenvalue weighted by atomic mass is 9.83. The molecule has 0 aromatic heterocycles. The Morgan fingerprint density at radius 2 is 1.73 bits per heavy atom. The quantitative estimate of drug-likeness (QED) is 0.672. The molecule has 0 radical (unpaired) electrons. The highest BCUT2D eigenvalue weighted by Crippen LogP contribution is 2.29. The second-order valence-electron chi connectivity index (χ2n) is 8.39. The van der Waals surface area contributed by atoms with Crippen LogP contribution in [-0.4, -0.2) is 59.6 Å². The molecule has 6 nitrogen and oxygen atoms in total. The smallest absolute Gasteiger partial charge is 0.303 e. The third-order valence-corrected chi connectivity index (χ3v) is 6.58. The van der Waals surface area contributed by atoms with E-state index < -0.39 is 5.97 Å². The molecule has 1 amide bonds. The van der Waals surface area contributed by atoms with E-state index in [4.69, 9.17) is 5.11 Å². The Labute approximate surface area is 157 Å². The summed E-state index contributed by atoms with van der Waals surface area (Å²) in [6, 6.07) is 0.885. The van der Waals surface area contributed by atoms with Gasteiger partial charge in [-0.1, -0.05) is 6.42 Å². The average Bonchev–Trinajstić information content (AvgIpc) is 2.68. The van der Waals surface area contributed by atoms with Crippen LogP contribution in [0.2, 0.25) is 0 Å². The summed E-state index contributed by atoms with van der Waals surface area (Å²) in [6.45, 7) is 3.19. The Balaban J connectivity index is 1.46. The van der Waals surface area contributed by atoms with Gasteiger partial charge < -0.3 is 15.7 Å². The number of piperidine rings is 2. The standard InChI is InChI=1S/C20H35N3O3/c24-19(25)9-6-15-4-7-16(8-5-15)22-20(26)18-3-1-2-14-23(18)17-10-12-21-13-11-17/h15-18,21H,1-14H2,(H,22,26)(H,24,25). The molecule has 0 spiro atoms. The number of carbonyl (C=O) groups is 2. The molecule has 3 N–H and O–H groups in total. The monoisotopic (exact) mass is 365 g/mol. The molecular formula is C20H35N3O3. The van der Waals surface area contributed by atoms with E-state index in [1.165, 1.54) is 6.42 Å². The van der Waals surface area contributed by atoms with E-state index in [0.29, 0.717) is 12.0 Å². The molecule has 2 heterocycles. The first-order chi connectivity index (χ1) is 12.6. The maximum atomic E-state index is 13.0. The van der Waals surface area contributed by atoms with Gasteiger partial charge in [0.05, 0.1) is 6.04 Å². The van der Waals surface area contributed by atoms with Crippen LogP contribution in [0.4, 0.5) is 0 Å². The van der Waals surface area contributed by atoms with E-state index in [0.717, 1.165) is 77.4 Å². The third-order valence-electron chi connectivity index (χ3n) is 6.58. The van der Waals surface area contributed by atoms with Crippen molar-refractivity contribution in [2.24, 2.45) is 5.92 Å². The van der Waals surface area contributed by atoms with Crippen LogP contribution in [0, 0.1) is 5.92 Å². The second kappa shape index (κ2) is 9.70. The molecule has 1 atom stereocenters. The highest BCUT2D eigenvalue weighted by molar-refractivity contribution is 5.82. The van der Waals surface area contributed by atoms with Crippen molar-refractivity contribution in [2.45, 2.75) is 88.8 Å². The first-order valence-electron chi connectivity index (χ1n) is 10.6. The van der Waals surface area contributed by atoms with Crippen molar-refractivity contribution >= 4 is 11.9 Å². The molecule has 3 aliphatic rings. The van der Waals surface area contributed by atoms with Gasteiger partial charge >= 0.3 is 5.97 Å². The molecular weight excluding hydrogens is 330 g/mol. The molecule has 0 aromatic carbocycles. The van der Waals surface area contributed by atoms with Crippen molar-refractivity contribution in [1.82, 2.24) is 15.5 Å². The van der Waals surface area contributed by atoms with E-state index in [9.17, 15) is 9.59 Å². The molecule has 6 heteroatoms. The van der Waals surface area contributed by atoms with Gasteiger partial charge in [0.2, 0.25) is 5.91 Å². The molecule has 3 fully saturated rings. The molecule has 1 unspecified atom stereocenters. The lowest BCUT2D eigenvalue weighted by molar-refractivity contribution is -0.137. The minimum absolute atomic E-state index is 0.0524. The molecule has 148 valence electrons. The zero-order chi connectivity index (χ0) is 18.4. The zero-order valence-electron chi connectivity index (χ0n) is 15.9. The molecule has 26 heavy (non-hydrogen) atoms. The number of carboxylic acid groups (broad SMARTS) is 1. The summed E-state index contributed by atoms with van der Waals surface area (Å²) in [5.41, 5.74) is 0. The van der Waals surface area contributed by atoms with Crippen LogP contribution >= 0.6 is 0 Å². The number of carboxylic acids is 1. The van der Waals surface area contributed by atoms with Crippen LogP contribution in [0.15, 0.2) is 0 Å². The van der Waals surface area contributed by atoms with E-state index in [1.54, 1.807) is 0 Å². The Morgan fingerprint density at radius 1 is 1.00 bits per heavy atom. The maximum absolute atomic E-state index is 13.0. The summed E-state index contributed by atoms with van der Waals surface area (Å²) in [4.78, 5) is 26.2. The van der Waals surface area contributed by atoms with Crippen LogP contribution in [0.5, 0.6) is 0 Å². The van der Waals surface area contributed by atoms with Crippen molar-refractivity contribution < 1.29 is 14.7 Å². The van der Waals surface area contributed by atoms with Crippen LogP contribution in [0.25, 0.3) is 0 Å². The number of nitrogens with zero attached hydrogens (tertiary/aromatic N) is 1. The number of likely N-dealkylation sites (tertiary alicyclic amines) is 1. The number of rotatable bonds is 6. The highest BCUT2D eigenvalue weighted by atomic mass is 16.4. The van der Waals surface area contributed by atoms with Crippen molar-refractivity contribution in [2.75, 3.05) is 19.6 Å². The maximum Gasteiger partial charge on any atom is 0.303 e. The van der Waals surface area contributed by atoms with E-state index in [-0.39, 0.29) is 24.4 Å². The number of nitrogens with one attached hydrogen (secondary N) is 2. The molecule has 0 bridgehead atoms. The summed E-state index contributed by atoms with van der Waals surface area (Å²) in [5.74, 6) is 0.0492. The number of carbonyl (C=O) groups excluding carboxylic acids is 1. The van der Waals surface area contributed by atoms with Crippen molar-refractivity contribution in [3.63, 3.8) is 0 Å². The van der Waals surface area contributed by atoms with Gasteiger partial charge in [0.25, 0.3) is 0 Å². The number of hydrogen-bond acceptors (Lipinski definition) is 4. The molecule has 2 saturated heterocycles. The molecule has 1 aliphatic carbocycles. The van der Waals surface area contributed by atoms with Crippen molar-refractivity contribution in [1.29, 1.82) is 0 Å². The highest BCUT2D eigenvalue weighted by Gasteiger charge is 2.35. The largest absolute Gasteiger partial charge is 0.481 e. The predicted octanol–water partition coefficient (Wildman–Crippen LogP) is 2.13. The van der Waals surface area contributed by atoms with Crippen molar-refractivity contribution in [3.05, 3.63) is 0 Å². The predicted molar refractivity (Wildman–Crippen MR) is 101 cm³/mol. The van der Waals surface area contributed by atoms with E-state index in [1.807, 2.05) is 0 Å². The first-order valence-corrected chi connectivity index (χ1v) is 10.6. The van der Waals surface area contributed by atoms with Gasteiger partial charge in [0.15, 0.2) is 0 Å². The lowest BCUT2D eigenvalue weighted by Crippen LogP contribution is -2.57. The van der Waals surface area contributed by atoms with Gasteiger partial charge in [-0.15, -0.1) is 0 Å². The third kappa shape index (κ3) is 5.43. The topological polar surface area (TPSA) is 81.7 Å². The van der Waals surface area contributed by atoms with Crippen molar-refractivity contribution in [3.8, 4) is 0 Å². The van der Waals surface area contributed by atoms with Gasteiger partial charge in [0.1, 0.15) is 0 Å². The summed E-state index contributed by atoms with van der Waals surface area (Å²) < 4.78 is 0. The van der Waals surface area contributed by atoms with Crippen LogP contribution in [0.1, 0.15) is 70.6 Å². The van der Waals surface area contributed by atoms with Gasteiger partial charge in [-0.3, -0.25) is 14.5 Å². The Morgan fingerprint density at radius 3 is 2.42 bits per heavy atom. The Bertz CT molecular complexity index is 471. The number of aliphatic carboxylic acids is 1. The normalized spacial score (nSPS) is 31.5. The number of hydrogen-bond donors (Lipinski definition) is 3. The zero-order valence-corrected chi connectivity index (χ0v) is 15.9. The van der Waals surface area contributed by atoms with Crippen LogP contribution in [0.3, 0.4) is 0 Å². The first kappa shape index (κ1) is 19.6. The van der Waals surface area contributed by atoms with Gasteiger partial charge in [0, 0.05) is 18.5 Å². The SMILES string of the molecule is O=C(O)CCC1CCC(NC(=O)C2CCCCN2C2CCNCC2)CC1. The van der Waals surface area contributed by atoms with E-state index in [2.05, 4.69) is 15.5 Å². The van der Waals surface area contributed by atoms with E-state index >= 15 is 0 Å². The molecule has 0 aromatic rings. The Kier molecular flexibility index (Phi) is 7.32. The summed E-state index contributed by atoms with van der Waals surface area (Å²) in [7, 11) is 0. The minimum atomic E-state index is -0.698. The number of amides is 1. The minimum Gasteiger partial charge on any atom is -0.481 e. The van der Waals surface area contributed by atoms with Crippen LogP contribution < -0.4 is 10.6 Å².